The van der Waals surface area contributed by atoms with Crippen LogP contribution in [0, 0.1) is 0 Å². The lowest BCUT2D eigenvalue weighted by molar-refractivity contribution is 0.0950. The number of ether oxygens (including phenoxy) is 1. The first-order chi connectivity index (χ1) is 9.20. The van der Waals surface area contributed by atoms with Gasteiger partial charge in [0.25, 0.3) is 5.91 Å². The average Bonchev–Trinajstić information content (AvgIpc) is 2.46. The van der Waals surface area contributed by atoms with Crippen LogP contribution in [0.25, 0.3) is 0 Å². The van der Waals surface area contributed by atoms with Crippen molar-refractivity contribution in [1.82, 2.24) is 10.3 Å². The molecule has 4 nitrogen and oxygen atoms in total. The highest BCUT2D eigenvalue weighted by atomic mass is 35.5. The first-order valence-electron chi connectivity index (χ1n) is 5.72. The van der Waals surface area contributed by atoms with Crippen LogP contribution in [0.1, 0.15) is 15.9 Å². The van der Waals surface area contributed by atoms with Crippen LogP contribution in [0.15, 0.2) is 42.6 Å². The fourth-order valence-corrected chi connectivity index (χ4v) is 1.78. The molecule has 2 rings (SSSR count). The third kappa shape index (κ3) is 3.45. The molecule has 1 aromatic heterocycles. The Morgan fingerprint density at radius 2 is 2.16 bits per heavy atom. The van der Waals surface area contributed by atoms with Gasteiger partial charge in [-0.15, -0.1) is 0 Å². The first-order valence-corrected chi connectivity index (χ1v) is 6.10. The molecule has 0 bridgehead atoms. The number of hydrogen-bond donors (Lipinski definition) is 1. The van der Waals surface area contributed by atoms with E-state index in [2.05, 4.69) is 10.3 Å². The normalized spacial score (nSPS) is 10.0. The number of benzene rings is 1. The molecule has 0 radical (unpaired) electrons. The largest absolute Gasteiger partial charge is 0.481 e. The molecular formula is C14H13ClN2O2. The summed E-state index contributed by atoms with van der Waals surface area (Å²) in [6.45, 7) is 0.378. The van der Waals surface area contributed by atoms with Crippen molar-refractivity contribution in [3.05, 3.63) is 58.7 Å². The summed E-state index contributed by atoms with van der Waals surface area (Å²) in [5, 5.41) is 3.44. The molecule has 0 fully saturated rings. The van der Waals surface area contributed by atoms with Crippen molar-refractivity contribution in [1.29, 1.82) is 0 Å². The van der Waals surface area contributed by atoms with E-state index in [0.29, 0.717) is 23.0 Å². The first kappa shape index (κ1) is 13.4. The smallest absolute Gasteiger partial charge is 0.251 e. The SMILES string of the molecule is COc1cc(C(=O)NCc2ccccc2Cl)ccn1. The van der Waals surface area contributed by atoms with Gasteiger partial charge in [-0.2, -0.15) is 0 Å². The molecule has 5 heteroatoms. The van der Waals surface area contributed by atoms with Crippen molar-refractivity contribution in [2.75, 3.05) is 7.11 Å². The van der Waals surface area contributed by atoms with Gasteiger partial charge in [0.15, 0.2) is 0 Å². The molecule has 0 saturated heterocycles. The van der Waals surface area contributed by atoms with Crippen molar-refractivity contribution < 1.29 is 9.53 Å². The number of pyridine rings is 1. The molecular weight excluding hydrogens is 264 g/mol. The summed E-state index contributed by atoms with van der Waals surface area (Å²) in [4.78, 5) is 15.9. The Bertz CT molecular complexity index is 587. The number of rotatable bonds is 4. The molecule has 2 aromatic rings. The summed E-state index contributed by atoms with van der Waals surface area (Å²) in [5.41, 5.74) is 1.37. The number of halogens is 1. The lowest BCUT2D eigenvalue weighted by Gasteiger charge is -2.07. The zero-order valence-corrected chi connectivity index (χ0v) is 11.1. The van der Waals surface area contributed by atoms with Gasteiger partial charge in [0, 0.05) is 29.4 Å². The molecule has 1 N–H and O–H groups in total. The maximum Gasteiger partial charge on any atom is 0.251 e. The molecule has 0 spiro atoms. The van der Waals surface area contributed by atoms with Crippen LogP contribution < -0.4 is 10.1 Å². The van der Waals surface area contributed by atoms with E-state index >= 15 is 0 Å². The highest BCUT2D eigenvalue weighted by molar-refractivity contribution is 6.31. The van der Waals surface area contributed by atoms with Crippen LogP contribution in [-0.2, 0) is 6.54 Å². The maximum absolute atomic E-state index is 12.0. The summed E-state index contributed by atoms with van der Waals surface area (Å²) >= 11 is 6.02. The van der Waals surface area contributed by atoms with Crippen LogP contribution in [0.3, 0.4) is 0 Å². The third-order valence-electron chi connectivity index (χ3n) is 2.60. The molecule has 1 heterocycles. The quantitative estimate of drug-likeness (QED) is 0.934. The molecule has 1 amide bonds. The second kappa shape index (κ2) is 6.20. The van der Waals surface area contributed by atoms with Gasteiger partial charge < -0.3 is 10.1 Å². The molecule has 0 saturated carbocycles. The topological polar surface area (TPSA) is 51.2 Å². The number of amides is 1. The van der Waals surface area contributed by atoms with Gasteiger partial charge in [-0.1, -0.05) is 29.8 Å². The van der Waals surface area contributed by atoms with Crippen LogP contribution in [0.2, 0.25) is 5.02 Å². The molecule has 0 atom stereocenters. The zero-order valence-electron chi connectivity index (χ0n) is 10.4. The summed E-state index contributed by atoms with van der Waals surface area (Å²) in [7, 11) is 1.51. The second-order valence-corrected chi connectivity index (χ2v) is 4.27. The number of hydrogen-bond acceptors (Lipinski definition) is 3. The van der Waals surface area contributed by atoms with E-state index < -0.39 is 0 Å². The van der Waals surface area contributed by atoms with E-state index in [1.54, 1.807) is 18.2 Å². The highest BCUT2D eigenvalue weighted by Gasteiger charge is 2.07. The van der Waals surface area contributed by atoms with Gasteiger partial charge in [0.05, 0.1) is 7.11 Å². The molecule has 98 valence electrons. The molecule has 19 heavy (non-hydrogen) atoms. The van der Waals surface area contributed by atoms with Crippen molar-refractivity contribution in [2.24, 2.45) is 0 Å². The van der Waals surface area contributed by atoms with E-state index in [1.807, 2.05) is 18.2 Å². The van der Waals surface area contributed by atoms with E-state index in [4.69, 9.17) is 16.3 Å². The van der Waals surface area contributed by atoms with Crippen LogP contribution >= 0.6 is 11.6 Å². The van der Waals surface area contributed by atoms with Gasteiger partial charge >= 0.3 is 0 Å². The van der Waals surface area contributed by atoms with Crippen LogP contribution in [-0.4, -0.2) is 18.0 Å². The Morgan fingerprint density at radius 1 is 1.37 bits per heavy atom. The van der Waals surface area contributed by atoms with Crippen LogP contribution in [0.5, 0.6) is 5.88 Å². The number of nitrogens with one attached hydrogen (secondary N) is 1. The average molecular weight is 277 g/mol. The Kier molecular flexibility index (Phi) is 4.36. The molecule has 0 aliphatic heterocycles. The minimum absolute atomic E-state index is 0.194. The van der Waals surface area contributed by atoms with Crippen molar-refractivity contribution in [3.8, 4) is 5.88 Å². The molecule has 0 aliphatic carbocycles. The summed E-state index contributed by atoms with van der Waals surface area (Å²) in [5.74, 6) is 0.214. The maximum atomic E-state index is 12.0. The van der Waals surface area contributed by atoms with Gasteiger partial charge in [-0.25, -0.2) is 4.98 Å². The molecule has 1 aromatic carbocycles. The Balaban J connectivity index is 2.03. The monoisotopic (exact) mass is 276 g/mol. The van der Waals surface area contributed by atoms with Gasteiger partial charge in [0.2, 0.25) is 5.88 Å². The minimum atomic E-state index is -0.194. The molecule has 0 unspecified atom stereocenters. The number of carbonyl (C=O) groups excluding carboxylic acids is 1. The number of carbonyl (C=O) groups is 1. The second-order valence-electron chi connectivity index (χ2n) is 3.86. The van der Waals surface area contributed by atoms with Crippen molar-refractivity contribution in [3.63, 3.8) is 0 Å². The fourth-order valence-electron chi connectivity index (χ4n) is 1.58. The van der Waals surface area contributed by atoms with E-state index in [0.717, 1.165) is 5.56 Å². The van der Waals surface area contributed by atoms with E-state index in [1.165, 1.54) is 13.3 Å². The zero-order chi connectivity index (χ0) is 13.7. The van der Waals surface area contributed by atoms with Gasteiger partial charge in [-0.3, -0.25) is 4.79 Å². The van der Waals surface area contributed by atoms with Gasteiger partial charge in [-0.05, 0) is 17.7 Å². The predicted octanol–water partition coefficient (Wildman–Crippen LogP) is 2.67. The van der Waals surface area contributed by atoms with Crippen molar-refractivity contribution in [2.45, 2.75) is 6.54 Å². The molecule has 0 aliphatic rings. The Labute approximate surface area is 116 Å². The van der Waals surface area contributed by atoms with Crippen molar-refractivity contribution >= 4 is 17.5 Å². The van der Waals surface area contributed by atoms with Gasteiger partial charge in [0.1, 0.15) is 0 Å². The number of methoxy groups -OCH3 is 1. The highest BCUT2D eigenvalue weighted by Crippen LogP contribution is 2.15. The number of aromatic nitrogens is 1. The van der Waals surface area contributed by atoms with E-state index in [-0.39, 0.29) is 5.91 Å². The summed E-state index contributed by atoms with van der Waals surface area (Å²) < 4.78 is 4.97. The summed E-state index contributed by atoms with van der Waals surface area (Å²) in [6.07, 6.45) is 1.53. The lowest BCUT2D eigenvalue weighted by Crippen LogP contribution is -2.23. The fraction of sp³-hybridized carbons (Fsp3) is 0.143. The predicted molar refractivity (Wildman–Crippen MR) is 73.4 cm³/mol. The third-order valence-corrected chi connectivity index (χ3v) is 2.97. The number of nitrogens with zero attached hydrogens (tertiary/aromatic N) is 1. The lowest BCUT2D eigenvalue weighted by atomic mass is 10.2. The Morgan fingerprint density at radius 3 is 2.89 bits per heavy atom. The minimum Gasteiger partial charge on any atom is -0.481 e. The van der Waals surface area contributed by atoms with Crippen LogP contribution in [0.4, 0.5) is 0 Å². The van der Waals surface area contributed by atoms with E-state index in [9.17, 15) is 4.79 Å². The summed E-state index contributed by atoms with van der Waals surface area (Å²) in [6, 6.07) is 10.6. The standard InChI is InChI=1S/C14H13ClN2O2/c1-19-13-8-10(6-7-16-13)14(18)17-9-11-4-2-3-5-12(11)15/h2-8H,9H2,1H3,(H,17,18). The Hall–Kier alpha value is -2.07.